The van der Waals surface area contributed by atoms with Crippen molar-refractivity contribution in [3.8, 4) is 5.75 Å². The maximum absolute atomic E-state index is 13.3. The van der Waals surface area contributed by atoms with E-state index >= 15 is 0 Å². The van der Waals surface area contributed by atoms with Crippen molar-refractivity contribution in [2.75, 3.05) is 44.6 Å². The number of alkyl halides is 3. The van der Waals surface area contributed by atoms with E-state index in [1.165, 1.54) is 4.90 Å². The van der Waals surface area contributed by atoms with E-state index in [2.05, 4.69) is 5.32 Å². The number of rotatable bonds is 8. The quantitative estimate of drug-likeness (QED) is 0.446. The highest BCUT2D eigenvalue weighted by Crippen LogP contribution is 2.38. The second-order valence-corrected chi connectivity index (χ2v) is 7.94. The van der Waals surface area contributed by atoms with Crippen LogP contribution in [0.3, 0.4) is 0 Å². The van der Waals surface area contributed by atoms with Crippen molar-refractivity contribution < 1.29 is 32.4 Å². The number of aryl methyl sites for hydroxylation is 1. The van der Waals surface area contributed by atoms with Crippen LogP contribution in [0.2, 0.25) is 0 Å². The Hall–Kier alpha value is -3.67. The summed E-state index contributed by atoms with van der Waals surface area (Å²) in [5, 5.41) is 13.7. The summed E-state index contributed by atoms with van der Waals surface area (Å²) in [7, 11) is 0. The predicted octanol–water partition coefficient (Wildman–Crippen LogP) is 3.34. The molecule has 1 aliphatic rings. The third-order valence-corrected chi connectivity index (χ3v) is 5.60. The number of carbonyl (C=O) groups is 2. The fourth-order valence-electron chi connectivity index (χ4n) is 3.71. The Balaban J connectivity index is 1.50. The number of hydrogen-bond donors (Lipinski definition) is 1. The molecule has 0 bridgehead atoms. The van der Waals surface area contributed by atoms with E-state index in [1.807, 2.05) is 36.1 Å². The van der Waals surface area contributed by atoms with Crippen molar-refractivity contribution in [2.45, 2.75) is 19.5 Å². The van der Waals surface area contributed by atoms with Gasteiger partial charge in [-0.3, -0.25) is 24.6 Å². The van der Waals surface area contributed by atoms with Crippen LogP contribution in [-0.2, 0) is 22.2 Å². The number of nitrogens with zero attached hydrogens (tertiary/aromatic N) is 3. The maximum atomic E-state index is 13.3. The number of nitro benzene ring substituents is 1. The Morgan fingerprint density at radius 1 is 1.11 bits per heavy atom. The number of nitrogens with one attached hydrogen (secondary N) is 1. The molecule has 12 heteroatoms. The fraction of sp³-hybridized carbons (Fsp3) is 0.391. The Morgan fingerprint density at radius 3 is 2.43 bits per heavy atom. The molecule has 1 heterocycles. The van der Waals surface area contributed by atoms with Crippen LogP contribution in [0.5, 0.6) is 5.75 Å². The number of benzene rings is 2. The van der Waals surface area contributed by atoms with Crippen LogP contribution in [0.4, 0.5) is 24.5 Å². The Bertz CT molecular complexity index is 1090. The van der Waals surface area contributed by atoms with E-state index in [4.69, 9.17) is 4.74 Å². The van der Waals surface area contributed by atoms with E-state index in [0.29, 0.717) is 19.2 Å². The number of non-ortho nitro benzene ring substituents is 1. The minimum absolute atomic E-state index is 0.147. The Kier molecular flexibility index (Phi) is 8.28. The first-order valence-corrected chi connectivity index (χ1v) is 10.9. The molecule has 1 aliphatic heterocycles. The standard InChI is InChI=1S/C23H25F3N4O5/c1-2-16-5-3-4-6-19(16)27-21(31)14-28-9-11-29(12-10-28)22(32)15-35-20-8-7-17(30(33)34)13-18(20)23(24,25)26/h3-8,13H,2,9-12,14-15H2,1H3,(H,27,31). The molecular formula is C23H25F3N4O5. The van der Waals surface area contributed by atoms with E-state index in [9.17, 15) is 32.9 Å². The number of hydrogen-bond acceptors (Lipinski definition) is 6. The second kappa shape index (κ2) is 11.2. The van der Waals surface area contributed by atoms with Gasteiger partial charge in [-0.2, -0.15) is 13.2 Å². The molecule has 0 saturated carbocycles. The lowest BCUT2D eigenvalue weighted by Gasteiger charge is -2.34. The Labute approximate surface area is 199 Å². The molecule has 1 N–H and O–H groups in total. The lowest BCUT2D eigenvalue weighted by molar-refractivity contribution is -0.385. The smallest absolute Gasteiger partial charge is 0.420 e. The van der Waals surface area contributed by atoms with Gasteiger partial charge in [0.05, 0.1) is 11.5 Å². The van der Waals surface area contributed by atoms with Gasteiger partial charge in [0.15, 0.2) is 6.61 Å². The van der Waals surface area contributed by atoms with Crippen LogP contribution in [0, 0.1) is 10.1 Å². The first-order valence-electron chi connectivity index (χ1n) is 10.9. The third kappa shape index (κ3) is 6.92. The van der Waals surface area contributed by atoms with Gasteiger partial charge < -0.3 is 15.0 Å². The zero-order chi connectivity index (χ0) is 25.6. The molecule has 2 aromatic carbocycles. The zero-order valence-corrected chi connectivity index (χ0v) is 19.0. The van der Waals surface area contributed by atoms with E-state index in [1.54, 1.807) is 0 Å². The summed E-state index contributed by atoms with van der Waals surface area (Å²) in [4.78, 5) is 38.0. The number of para-hydroxylation sites is 1. The van der Waals surface area contributed by atoms with Crippen LogP contribution in [0.25, 0.3) is 0 Å². The van der Waals surface area contributed by atoms with Crippen molar-refractivity contribution in [3.63, 3.8) is 0 Å². The second-order valence-electron chi connectivity index (χ2n) is 7.94. The molecule has 0 radical (unpaired) electrons. The van der Waals surface area contributed by atoms with Crippen LogP contribution in [0.15, 0.2) is 42.5 Å². The molecule has 1 saturated heterocycles. The van der Waals surface area contributed by atoms with Gasteiger partial charge >= 0.3 is 6.18 Å². The first-order chi connectivity index (χ1) is 16.6. The average molecular weight is 494 g/mol. The molecule has 2 amide bonds. The molecule has 0 aliphatic carbocycles. The van der Waals surface area contributed by atoms with Gasteiger partial charge in [0.1, 0.15) is 11.3 Å². The van der Waals surface area contributed by atoms with Crippen LogP contribution >= 0.6 is 0 Å². The molecule has 0 atom stereocenters. The molecule has 35 heavy (non-hydrogen) atoms. The summed E-state index contributed by atoms with van der Waals surface area (Å²) in [6, 6.07) is 9.62. The van der Waals surface area contributed by atoms with E-state index in [0.717, 1.165) is 29.8 Å². The van der Waals surface area contributed by atoms with Crippen molar-refractivity contribution in [3.05, 3.63) is 63.7 Å². The van der Waals surface area contributed by atoms with Crippen molar-refractivity contribution in [2.24, 2.45) is 0 Å². The molecular weight excluding hydrogens is 469 g/mol. The average Bonchev–Trinajstić information content (AvgIpc) is 2.82. The summed E-state index contributed by atoms with van der Waals surface area (Å²) in [6.45, 7) is 2.90. The van der Waals surface area contributed by atoms with Gasteiger partial charge in [0, 0.05) is 44.0 Å². The highest BCUT2D eigenvalue weighted by Gasteiger charge is 2.36. The van der Waals surface area contributed by atoms with Crippen LogP contribution < -0.4 is 10.1 Å². The predicted molar refractivity (Wildman–Crippen MR) is 121 cm³/mol. The summed E-state index contributed by atoms with van der Waals surface area (Å²) < 4.78 is 44.9. The number of amides is 2. The van der Waals surface area contributed by atoms with Crippen molar-refractivity contribution >= 4 is 23.2 Å². The first kappa shape index (κ1) is 25.9. The zero-order valence-electron chi connectivity index (χ0n) is 19.0. The molecule has 188 valence electrons. The van der Waals surface area contributed by atoms with Crippen LogP contribution in [-0.4, -0.2) is 65.9 Å². The molecule has 0 aromatic heterocycles. The van der Waals surface area contributed by atoms with Crippen molar-refractivity contribution in [1.29, 1.82) is 0 Å². The number of anilines is 1. The minimum Gasteiger partial charge on any atom is -0.483 e. The molecule has 0 unspecified atom stereocenters. The van der Waals surface area contributed by atoms with Gasteiger partial charge in [-0.15, -0.1) is 0 Å². The van der Waals surface area contributed by atoms with Gasteiger partial charge in [0.2, 0.25) is 5.91 Å². The highest BCUT2D eigenvalue weighted by atomic mass is 19.4. The largest absolute Gasteiger partial charge is 0.483 e. The van der Waals surface area contributed by atoms with Gasteiger partial charge in [0.25, 0.3) is 11.6 Å². The molecule has 3 rings (SSSR count). The monoisotopic (exact) mass is 494 g/mol. The van der Waals surface area contributed by atoms with Crippen molar-refractivity contribution in [1.82, 2.24) is 9.80 Å². The number of halogens is 3. The summed E-state index contributed by atoms with van der Waals surface area (Å²) in [5.74, 6) is -1.34. The van der Waals surface area contributed by atoms with E-state index in [-0.39, 0.29) is 25.5 Å². The van der Waals surface area contributed by atoms with Gasteiger partial charge in [-0.05, 0) is 24.1 Å². The third-order valence-electron chi connectivity index (χ3n) is 5.60. The van der Waals surface area contributed by atoms with Crippen LogP contribution in [0.1, 0.15) is 18.1 Å². The molecule has 2 aromatic rings. The number of nitro groups is 1. The lowest BCUT2D eigenvalue weighted by Crippen LogP contribution is -2.51. The van der Waals surface area contributed by atoms with Gasteiger partial charge in [-0.25, -0.2) is 0 Å². The number of carbonyl (C=O) groups excluding carboxylic acids is 2. The molecule has 0 spiro atoms. The number of ether oxygens (including phenoxy) is 1. The Morgan fingerprint density at radius 2 is 1.80 bits per heavy atom. The summed E-state index contributed by atoms with van der Waals surface area (Å²) in [6.07, 6.45) is -4.10. The normalized spacial score (nSPS) is 14.5. The molecule has 1 fully saturated rings. The minimum atomic E-state index is -4.88. The maximum Gasteiger partial charge on any atom is 0.420 e. The van der Waals surface area contributed by atoms with E-state index < -0.39 is 40.6 Å². The fourth-order valence-corrected chi connectivity index (χ4v) is 3.71. The van der Waals surface area contributed by atoms with Gasteiger partial charge in [-0.1, -0.05) is 25.1 Å². The lowest BCUT2D eigenvalue weighted by atomic mass is 10.1. The number of piperazine rings is 1. The highest BCUT2D eigenvalue weighted by molar-refractivity contribution is 5.93. The molecule has 9 nitrogen and oxygen atoms in total. The summed E-state index contributed by atoms with van der Waals surface area (Å²) >= 11 is 0. The SMILES string of the molecule is CCc1ccccc1NC(=O)CN1CCN(C(=O)COc2ccc([N+](=O)[O-])cc2C(F)(F)F)CC1. The topological polar surface area (TPSA) is 105 Å². The summed E-state index contributed by atoms with van der Waals surface area (Å²) in [5.41, 5.74) is -0.261.